The third kappa shape index (κ3) is 3.29. The number of carbonyl (C=O) groups excluding carboxylic acids is 1. The molecule has 1 aromatic carbocycles. The van der Waals surface area contributed by atoms with E-state index in [-0.39, 0.29) is 11.2 Å². The van der Waals surface area contributed by atoms with Gasteiger partial charge in [-0.25, -0.2) is 14.5 Å². The number of aromatic nitrogens is 3. The third-order valence-electron chi connectivity index (χ3n) is 3.23. The number of benzene rings is 1. The van der Waals surface area contributed by atoms with Crippen LogP contribution in [-0.2, 0) is 17.2 Å². The highest BCUT2D eigenvalue weighted by Gasteiger charge is 2.18. The zero-order valence-electron chi connectivity index (χ0n) is 13.2. The van der Waals surface area contributed by atoms with E-state index in [9.17, 15) is 4.79 Å². The average molecular weight is 287 g/mol. The summed E-state index contributed by atoms with van der Waals surface area (Å²) >= 11 is 0. The minimum absolute atomic E-state index is 0.0919. The summed E-state index contributed by atoms with van der Waals surface area (Å²) in [7, 11) is 1.77. The lowest BCUT2D eigenvalue weighted by molar-refractivity contribution is 0.0512. The zero-order valence-corrected chi connectivity index (χ0v) is 13.2. The van der Waals surface area contributed by atoms with Crippen LogP contribution in [0.4, 0.5) is 0 Å². The van der Waals surface area contributed by atoms with Crippen LogP contribution in [0.15, 0.2) is 24.3 Å². The van der Waals surface area contributed by atoms with Gasteiger partial charge in [0, 0.05) is 12.6 Å². The van der Waals surface area contributed by atoms with Gasteiger partial charge in [0.15, 0.2) is 5.82 Å². The highest BCUT2D eigenvalue weighted by Crippen LogP contribution is 2.25. The summed E-state index contributed by atoms with van der Waals surface area (Å²) in [5.41, 5.74) is 2.28. The molecule has 21 heavy (non-hydrogen) atoms. The molecule has 0 spiro atoms. The smallest absolute Gasteiger partial charge is 0.378 e. The minimum atomic E-state index is -0.495. The summed E-state index contributed by atoms with van der Waals surface area (Å²) in [6.07, 6.45) is 0. The molecule has 0 amide bonds. The maximum absolute atomic E-state index is 11.7. The number of rotatable bonds is 3. The first-order valence-corrected chi connectivity index (χ1v) is 7.02. The normalized spacial score (nSPS) is 11.5. The fourth-order valence-electron chi connectivity index (χ4n) is 2.04. The monoisotopic (exact) mass is 287 g/mol. The Morgan fingerprint density at radius 3 is 2.38 bits per heavy atom. The molecule has 5 heteroatoms. The van der Waals surface area contributed by atoms with E-state index in [1.165, 1.54) is 5.56 Å². The molecular weight excluding hydrogens is 266 g/mol. The third-order valence-corrected chi connectivity index (χ3v) is 3.23. The van der Waals surface area contributed by atoms with Crippen molar-refractivity contribution in [2.45, 2.75) is 33.1 Å². The number of aryl methyl sites for hydroxylation is 1. The van der Waals surface area contributed by atoms with E-state index < -0.39 is 5.97 Å². The Balaban J connectivity index is 2.32. The van der Waals surface area contributed by atoms with Crippen molar-refractivity contribution in [3.8, 4) is 11.4 Å². The number of hydrogen-bond acceptors (Lipinski definition) is 4. The maximum Gasteiger partial charge on any atom is 0.378 e. The molecule has 5 nitrogen and oxygen atoms in total. The first-order chi connectivity index (χ1) is 9.82. The van der Waals surface area contributed by atoms with Crippen LogP contribution in [0, 0.1) is 0 Å². The van der Waals surface area contributed by atoms with Crippen molar-refractivity contribution in [2.24, 2.45) is 7.05 Å². The van der Waals surface area contributed by atoms with Crippen molar-refractivity contribution in [3.05, 3.63) is 35.7 Å². The van der Waals surface area contributed by atoms with Crippen molar-refractivity contribution < 1.29 is 9.53 Å². The molecule has 1 aromatic heterocycles. The Hall–Kier alpha value is -2.17. The fraction of sp³-hybridized carbons (Fsp3) is 0.438. The van der Waals surface area contributed by atoms with Crippen LogP contribution in [0.25, 0.3) is 11.4 Å². The van der Waals surface area contributed by atoms with Crippen molar-refractivity contribution >= 4 is 5.97 Å². The minimum Gasteiger partial charge on any atom is -0.460 e. The van der Waals surface area contributed by atoms with Crippen molar-refractivity contribution in [1.82, 2.24) is 14.8 Å². The van der Waals surface area contributed by atoms with Crippen LogP contribution in [-0.4, -0.2) is 27.3 Å². The standard InChI is InChI=1S/C16H21N3O2/c1-6-21-15(20)13-17-14(19(5)18-13)11-7-9-12(10-8-11)16(2,3)4/h7-10H,6H2,1-5H3. The summed E-state index contributed by atoms with van der Waals surface area (Å²) in [5.74, 6) is 0.249. The second-order valence-electron chi connectivity index (χ2n) is 5.93. The molecule has 0 saturated carbocycles. The number of nitrogens with zero attached hydrogens (tertiary/aromatic N) is 3. The number of hydrogen-bond donors (Lipinski definition) is 0. The predicted octanol–water partition coefficient (Wildman–Crippen LogP) is 2.96. The lowest BCUT2D eigenvalue weighted by atomic mass is 9.87. The maximum atomic E-state index is 11.7. The van der Waals surface area contributed by atoms with Gasteiger partial charge in [-0.1, -0.05) is 45.0 Å². The van der Waals surface area contributed by atoms with Crippen LogP contribution >= 0.6 is 0 Å². The van der Waals surface area contributed by atoms with Gasteiger partial charge in [-0.15, -0.1) is 5.10 Å². The van der Waals surface area contributed by atoms with E-state index in [0.29, 0.717) is 12.4 Å². The van der Waals surface area contributed by atoms with E-state index in [0.717, 1.165) is 5.56 Å². The zero-order chi connectivity index (χ0) is 15.6. The molecule has 1 heterocycles. The van der Waals surface area contributed by atoms with Crippen LogP contribution < -0.4 is 0 Å². The van der Waals surface area contributed by atoms with E-state index in [1.54, 1.807) is 18.7 Å². The Bertz CT molecular complexity index is 637. The molecule has 0 aliphatic heterocycles. The molecule has 0 aliphatic carbocycles. The summed E-state index contributed by atoms with van der Waals surface area (Å²) in [6, 6.07) is 8.15. The second-order valence-corrected chi connectivity index (χ2v) is 5.93. The summed E-state index contributed by atoms with van der Waals surface area (Å²) < 4.78 is 6.51. The fourth-order valence-corrected chi connectivity index (χ4v) is 2.04. The van der Waals surface area contributed by atoms with Gasteiger partial charge in [0.05, 0.1) is 6.61 Å². The van der Waals surface area contributed by atoms with E-state index in [2.05, 4.69) is 43.0 Å². The Morgan fingerprint density at radius 2 is 1.86 bits per heavy atom. The van der Waals surface area contributed by atoms with Gasteiger partial charge in [-0.3, -0.25) is 0 Å². The largest absolute Gasteiger partial charge is 0.460 e. The van der Waals surface area contributed by atoms with E-state index >= 15 is 0 Å². The molecule has 0 saturated heterocycles. The second kappa shape index (κ2) is 5.68. The highest BCUT2D eigenvalue weighted by atomic mass is 16.5. The molecule has 0 unspecified atom stereocenters. The molecule has 0 bridgehead atoms. The molecule has 112 valence electrons. The summed E-state index contributed by atoms with van der Waals surface area (Å²) in [4.78, 5) is 15.9. The quantitative estimate of drug-likeness (QED) is 0.814. The predicted molar refractivity (Wildman–Crippen MR) is 81.1 cm³/mol. The van der Waals surface area contributed by atoms with Crippen molar-refractivity contribution in [2.75, 3.05) is 6.61 Å². The molecule has 0 aliphatic rings. The van der Waals surface area contributed by atoms with Crippen molar-refractivity contribution in [3.63, 3.8) is 0 Å². The summed E-state index contributed by atoms with van der Waals surface area (Å²) in [6.45, 7) is 8.58. The number of ether oxygens (including phenoxy) is 1. The van der Waals surface area contributed by atoms with E-state index in [4.69, 9.17) is 4.74 Å². The molecular formula is C16H21N3O2. The molecule has 0 atom stereocenters. The average Bonchev–Trinajstić information content (AvgIpc) is 2.80. The molecule has 0 N–H and O–H groups in total. The van der Waals surface area contributed by atoms with Gasteiger partial charge < -0.3 is 4.74 Å². The van der Waals surface area contributed by atoms with Gasteiger partial charge in [0.25, 0.3) is 5.82 Å². The Kier molecular flexibility index (Phi) is 4.11. The highest BCUT2D eigenvalue weighted by molar-refractivity contribution is 5.85. The van der Waals surface area contributed by atoms with E-state index in [1.807, 2.05) is 12.1 Å². The lowest BCUT2D eigenvalue weighted by Crippen LogP contribution is -2.10. The van der Waals surface area contributed by atoms with Crippen LogP contribution in [0.2, 0.25) is 0 Å². The van der Waals surface area contributed by atoms with Gasteiger partial charge >= 0.3 is 5.97 Å². The van der Waals surface area contributed by atoms with Gasteiger partial charge in [0.2, 0.25) is 0 Å². The first-order valence-electron chi connectivity index (χ1n) is 7.02. The lowest BCUT2D eigenvalue weighted by Gasteiger charge is -2.18. The molecule has 2 rings (SSSR count). The van der Waals surface area contributed by atoms with Crippen LogP contribution in [0.1, 0.15) is 43.9 Å². The Labute approximate surface area is 125 Å². The van der Waals surface area contributed by atoms with Gasteiger partial charge in [-0.05, 0) is 17.9 Å². The van der Waals surface area contributed by atoms with Gasteiger partial charge in [0.1, 0.15) is 0 Å². The summed E-state index contributed by atoms with van der Waals surface area (Å²) in [5, 5.41) is 4.11. The molecule has 0 radical (unpaired) electrons. The van der Waals surface area contributed by atoms with Crippen molar-refractivity contribution in [1.29, 1.82) is 0 Å². The van der Waals surface area contributed by atoms with Crippen LogP contribution in [0.5, 0.6) is 0 Å². The topological polar surface area (TPSA) is 57.0 Å². The number of esters is 1. The SMILES string of the molecule is CCOC(=O)c1nc(-c2ccc(C(C)(C)C)cc2)n(C)n1. The first kappa shape index (κ1) is 15.2. The molecule has 2 aromatic rings. The van der Waals surface area contributed by atoms with Gasteiger partial charge in [-0.2, -0.15) is 0 Å². The Morgan fingerprint density at radius 1 is 1.24 bits per heavy atom. The van der Waals surface area contributed by atoms with Crippen LogP contribution in [0.3, 0.4) is 0 Å². The molecule has 0 fully saturated rings. The number of carbonyl (C=O) groups is 1.